The van der Waals surface area contributed by atoms with Gasteiger partial charge in [0.05, 0.1) is 0 Å². The van der Waals surface area contributed by atoms with Gasteiger partial charge >= 0.3 is 0 Å². The fourth-order valence-corrected chi connectivity index (χ4v) is 4.72. The van der Waals surface area contributed by atoms with Crippen LogP contribution in [0, 0.1) is 23.7 Å². The summed E-state index contributed by atoms with van der Waals surface area (Å²) < 4.78 is 0. The fourth-order valence-electron chi connectivity index (χ4n) is 3.05. The van der Waals surface area contributed by atoms with Crippen molar-refractivity contribution in [3.63, 3.8) is 0 Å². The van der Waals surface area contributed by atoms with Gasteiger partial charge < -0.3 is 0 Å². The summed E-state index contributed by atoms with van der Waals surface area (Å²) in [4.78, 5) is 0. The first-order valence-electron chi connectivity index (χ1n) is 4.71. The first-order valence-corrected chi connectivity index (χ1v) is 5.87. The maximum absolute atomic E-state index is 2.50. The summed E-state index contributed by atoms with van der Waals surface area (Å²) in [7, 11) is 0. The van der Waals surface area contributed by atoms with Gasteiger partial charge in [0.1, 0.15) is 0 Å². The maximum Gasteiger partial charge on any atom is -0.00302 e. The molecule has 60 valence electrons. The van der Waals surface area contributed by atoms with Crippen LogP contribution >= 0.6 is 11.8 Å². The van der Waals surface area contributed by atoms with Gasteiger partial charge in [-0.15, -0.1) is 0 Å². The van der Waals surface area contributed by atoms with Gasteiger partial charge in [-0.1, -0.05) is 12.2 Å². The van der Waals surface area contributed by atoms with Crippen molar-refractivity contribution in [2.45, 2.75) is 12.8 Å². The molecule has 0 unspecified atom stereocenters. The van der Waals surface area contributed by atoms with E-state index in [4.69, 9.17) is 0 Å². The molecule has 0 aromatic rings. The summed E-state index contributed by atoms with van der Waals surface area (Å²) in [6, 6.07) is 0. The van der Waals surface area contributed by atoms with Crippen LogP contribution in [0.4, 0.5) is 0 Å². The van der Waals surface area contributed by atoms with Crippen molar-refractivity contribution in [3.05, 3.63) is 12.2 Å². The molecule has 2 fully saturated rings. The third-order valence-corrected chi connectivity index (χ3v) is 4.95. The van der Waals surface area contributed by atoms with Crippen molar-refractivity contribution in [3.8, 4) is 0 Å². The van der Waals surface area contributed by atoms with Gasteiger partial charge in [0.25, 0.3) is 0 Å². The number of thioether (sulfide) groups is 1. The molecule has 0 aromatic heterocycles. The van der Waals surface area contributed by atoms with Crippen molar-refractivity contribution in [1.82, 2.24) is 0 Å². The van der Waals surface area contributed by atoms with Crippen LogP contribution in [0.2, 0.25) is 0 Å². The second kappa shape index (κ2) is 2.29. The van der Waals surface area contributed by atoms with E-state index in [0.29, 0.717) is 0 Å². The molecule has 1 saturated carbocycles. The minimum absolute atomic E-state index is 0.972. The maximum atomic E-state index is 2.50. The highest BCUT2D eigenvalue weighted by atomic mass is 32.2. The summed E-state index contributed by atoms with van der Waals surface area (Å²) in [5.74, 6) is 7.00. The van der Waals surface area contributed by atoms with Gasteiger partial charge in [0, 0.05) is 0 Å². The Morgan fingerprint density at radius 1 is 0.909 bits per heavy atom. The third-order valence-electron chi connectivity index (χ3n) is 3.71. The Balaban J connectivity index is 1.97. The van der Waals surface area contributed by atoms with E-state index in [0.717, 1.165) is 23.7 Å². The highest BCUT2D eigenvalue weighted by Crippen LogP contribution is 2.50. The molecule has 0 amide bonds. The lowest BCUT2D eigenvalue weighted by molar-refractivity contribution is 0.169. The molecule has 2 bridgehead atoms. The zero-order valence-electron chi connectivity index (χ0n) is 6.70. The molecule has 0 aromatic carbocycles. The molecule has 0 radical (unpaired) electrons. The van der Waals surface area contributed by atoms with E-state index < -0.39 is 0 Å². The second-order valence-electron chi connectivity index (χ2n) is 4.16. The molecule has 1 saturated heterocycles. The molecule has 1 heteroatoms. The van der Waals surface area contributed by atoms with Gasteiger partial charge in [0.2, 0.25) is 0 Å². The predicted molar refractivity (Wildman–Crippen MR) is 49.7 cm³/mol. The molecule has 11 heavy (non-hydrogen) atoms. The Morgan fingerprint density at radius 2 is 1.45 bits per heavy atom. The molecule has 0 nitrogen and oxygen atoms in total. The Labute approximate surface area is 72.4 Å². The van der Waals surface area contributed by atoms with Gasteiger partial charge in [-0.3, -0.25) is 0 Å². The Bertz CT molecular complexity index is 177. The second-order valence-corrected chi connectivity index (χ2v) is 5.23. The van der Waals surface area contributed by atoms with E-state index in [1.165, 1.54) is 24.3 Å². The molecule has 1 aliphatic heterocycles. The average Bonchev–Trinajstić information content (AvgIpc) is 2.55. The zero-order chi connectivity index (χ0) is 7.26. The van der Waals surface area contributed by atoms with E-state index in [-0.39, 0.29) is 0 Å². The average molecular weight is 166 g/mol. The number of fused-ring (bicyclic) bond motifs is 1. The van der Waals surface area contributed by atoms with Crippen LogP contribution in [-0.4, -0.2) is 11.5 Å². The predicted octanol–water partition coefficient (Wildman–Crippen LogP) is 2.56. The number of allylic oxidation sites excluding steroid dienone is 2. The van der Waals surface area contributed by atoms with Crippen molar-refractivity contribution in [1.29, 1.82) is 0 Å². The summed E-state index contributed by atoms with van der Waals surface area (Å²) in [5, 5.41) is 0. The van der Waals surface area contributed by atoms with Crippen molar-refractivity contribution in [2.24, 2.45) is 23.7 Å². The van der Waals surface area contributed by atoms with Crippen LogP contribution in [0.5, 0.6) is 0 Å². The topological polar surface area (TPSA) is 0 Å². The highest BCUT2D eigenvalue weighted by molar-refractivity contribution is 7.99. The van der Waals surface area contributed by atoms with Crippen LogP contribution in [0.1, 0.15) is 12.8 Å². The van der Waals surface area contributed by atoms with E-state index in [9.17, 15) is 0 Å². The molecule has 0 spiro atoms. The molecular weight excluding hydrogens is 152 g/mol. The lowest BCUT2D eigenvalue weighted by Gasteiger charge is -2.40. The van der Waals surface area contributed by atoms with Crippen molar-refractivity contribution >= 4 is 11.8 Å². The normalized spacial score (nSPS) is 53.1. The van der Waals surface area contributed by atoms with Crippen LogP contribution < -0.4 is 0 Å². The molecule has 1 heterocycles. The summed E-state index contributed by atoms with van der Waals surface area (Å²) in [5.41, 5.74) is 0. The minimum Gasteiger partial charge on any atom is -0.161 e. The molecule has 4 aliphatic rings. The van der Waals surface area contributed by atoms with E-state index in [2.05, 4.69) is 23.9 Å². The zero-order valence-corrected chi connectivity index (χ0v) is 7.52. The van der Waals surface area contributed by atoms with Gasteiger partial charge in [-0.2, -0.15) is 11.8 Å². The molecule has 4 rings (SSSR count). The van der Waals surface area contributed by atoms with Gasteiger partial charge in [-0.05, 0) is 48.0 Å². The van der Waals surface area contributed by atoms with Crippen LogP contribution in [-0.2, 0) is 0 Å². The Morgan fingerprint density at radius 3 is 1.91 bits per heavy atom. The SMILES string of the molecule is C1=C[C@@H]2CC[C@@H]1[C@H]1CSC[C@@H]12. The number of hydrogen-bond donors (Lipinski definition) is 0. The number of hydrogen-bond acceptors (Lipinski definition) is 1. The fraction of sp³-hybridized carbons (Fsp3) is 0.800. The molecular formula is C10H14S. The lowest BCUT2D eigenvalue weighted by Crippen LogP contribution is -2.35. The largest absolute Gasteiger partial charge is 0.161 e. The van der Waals surface area contributed by atoms with E-state index in [1.54, 1.807) is 0 Å². The quantitative estimate of drug-likeness (QED) is 0.498. The standard InChI is InChI=1S/C10H14S/c1-2-8-4-3-7(1)9-5-11-6-10(8)9/h1-2,7-10H,3-6H2/t7-,8-,9-,10-/m1/s1. The van der Waals surface area contributed by atoms with E-state index >= 15 is 0 Å². The number of rotatable bonds is 0. The van der Waals surface area contributed by atoms with Crippen LogP contribution in [0.3, 0.4) is 0 Å². The summed E-state index contributed by atoms with van der Waals surface area (Å²) in [6.45, 7) is 0. The summed E-state index contributed by atoms with van der Waals surface area (Å²) >= 11 is 2.19. The Kier molecular flexibility index (Phi) is 1.37. The highest BCUT2D eigenvalue weighted by Gasteiger charge is 2.43. The molecule has 0 N–H and O–H groups in total. The van der Waals surface area contributed by atoms with Crippen LogP contribution in [0.15, 0.2) is 12.2 Å². The third kappa shape index (κ3) is 0.837. The van der Waals surface area contributed by atoms with Crippen LogP contribution in [0.25, 0.3) is 0 Å². The van der Waals surface area contributed by atoms with Crippen molar-refractivity contribution < 1.29 is 0 Å². The first kappa shape index (κ1) is 6.59. The summed E-state index contributed by atoms with van der Waals surface area (Å²) in [6.07, 6.45) is 7.98. The Hall–Kier alpha value is 0.0900. The molecule has 3 aliphatic carbocycles. The monoisotopic (exact) mass is 166 g/mol. The molecule has 4 atom stereocenters. The van der Waals surface area contributed by atoms with Gasteiger partial charge in [0.15, 0.2) is 0 Å². The van der Waals surface area contributed by atoms with Crippen molar-refractivity contribution in [2.75, 3.05) is 11.5 Å². The van der Waals surface area contributed by atoms with Gasteiger partial charge in [-0.25, -0.2) is 0 Å². The first-order chi connectivity index (χ1) is 5.45. The van der Waals surface area contributed by atoms with E-state index in [1.807, 2.05) is 0 Å². The smallest absolute Gasteiger partial charge is 0.00302 e. The lowest BCUT2D eigenvalue weighted by atomic mass is 9.64. The minimum atomic E-state index is 0.972.